The van der Waals surface area contributed by atoms with Gasteiger partial charge in [0.1, 0.15) is 6.29 Å². The molecule has 0 spiro atoms. The summed E-state index contributed by atoms with van der Waals surface area (Å²) in [6, 6.07) is 0. The number of carbonyl (C=O) groups is 1. The standard InChI is InChI=1S/C6H12OS2/c1-8-4-6(3-7)5-9-2/h3,6H,4-5H2,1-2H3. The van der Waals surface area contributed by atoms with E-state index in [9.17, 15) is 4.79 Å². The highest BCUT2D eigenvalue weighted by Gasteiger charge is 2.03. The Morgan fingerprint density at radius 1 is 1.33 bits per heavy atom. The summed E-state index contributed by atoms with van der Waals surface area (Å²) in [6.45, 7) is 0. The highest BCUT2D eigenvalue weighted by molar-refractivity contribution is 7.99. The van der Waals surface area contributed by atoms with Gasteiger partial charge in [0.15, 0.2) is 0 Å². The van der Waals surface area contributed by atoms with Crippen LogP contribution in [0.15, 0.2) is 0 Å². The van der Waals surface area contributed by atoms with E-state index in [0.717, 1.165) is 17.8 Å². The summed E-state index contributed by atoms with van der Waals surface area (Å²) in [5, 5.41) is 0. The maximum Gasteiger partial charge on any atom is 0.124 e. The molecule has 0 aliphatic rings. The van der Waals surface area contributed by atoms with Crippen LogP contribution in [0.25, 0.3) is 0 Å². The van der Waals surface area contributed by atoms with E-state index in [2.05, 4.69) is 0 Å². The Balaban J connectivity index is 3.29. The van der Waals surface area contributed by atoms with Gasteiger partial charge in [0.05, 0.1) is 0 Å². The lowest BCUT2D eigenvalue weighted by atomic mass is 10.2. The number of hydrogen-bond acceptors (Lipinski definition) is 3. The van der Waals surface area contributed by atoms with Crippen molar-refractivity contribution < 1.29 is 4.79 Å². The van der Waals surface area contributed by atoms with E-state index in [0.29, 0.717) is 0 Å². The SMILES string of the molecule is CSCC(C=O)CSC. The zero-order chi connectivity index (χ0) is 7.11. The van der Waals surface area contributed by atoms with Crippen LogP contribution in [0.5, 0.6) is 0 Å². The number of hydrogen-bond donors (Lipinski definition) is 0. The molecule has 9 heavy (non-hydrogen) atoms. The monoisotopic (exact) mass is 164 g/mol. The molecule has 0 bridgehead atoms. The van der Waals surface area contributed by atoms with Crippen molar-refractivity contribution in [3.8, 4) is 0 Å². The number of carbonyl (C=O) groups excluding carboxylic acids is 1. The van der Waals surface area contributed by atoms with Crippen LogP contribution < -0.4 is 0 Å². The summed E-state index contributed by atoms with van der Waals surface area (Å²) in [6.07, 6.45) is 5.10. The first kappa shape index (κ1) is 9.37. The van der Waals surface area contributed by atoms with Crippen molar-refractivity contribution in [3.05, 3.63) is 0 Å². The molecule has 0 aliphatic heterocycles. The Morgan fingerprint density at radius 2 is 1.78 bits per heavy atom. The Kier molecular flexibility index (Phi) is 6.76. The van der Waals surface area contributed by atoms with E-state index in [4.69, 9.17) is 0 Å². The molecule has 0 N–H and O–H groups in total. The lowest BCUT2D eigenvalue weighted by Gasteiger charge is -2.03. The van der Waals surface area contributed by atoms with Crippen molar-refractivity contribution in [1.82, 2.24) is 0 Å². The first-order valence-electron chi connectivity index (χ1n) is 2.78. The molecular formula is C6H12OS2. The first-order chi connectivity index (χ1) is 4.35. The van der Waals surface area contributed by atoms with Crippen LogP contribution in [0.3, 0.4) is 0 Å². The molecule has 3 heteroatoms. The van der Waals surface area contributed by atoms with Crippen LogP contribution in [0.1, 0.15) is 0 Å². The predicted molar refractivity (Wildman–Crippen MR) is 46.3 cm³/mol. The molecular weight excluding hydrogens is 152 g/mol. The minimum Gasteiger partial charge on any atom is -0.303 e. The number of thioether (sulfide) groups is 2. The third kappa shape index (κ3) is 4.85. The van der Waals surface area contributed by atoms with Crippen LogP contribution in [0.4, 0.5) is 0 Å². The molecule has 0 heterocycles. The van der Waals surface area contributed by atoms with Gasteiger partial charge in [-0.15, -0.1) is 0 Å². The fraction of sp³-hybridized carbons (Fsp3) is 0.833. The van der Waals surface area contributed by atoms with Gasteiger partial charge in [-0.1, -0.05) is 0 Å². The molecule has 1 nitrogen and oxygen atoms in total. The Labute approximate surface area is 65.0 Å². The Morgan fingerprint density at radius 3 is 2.00 bits per heavy atom. The van der Waals surface area contributed by atoms with Gasteiger partial charge in [-0.25, -0.2) is 0 Å². The van der Waals surface area contributed by atoms with E-state index >= 15 is 0 Å². The van der Waals surface area contributed by atoms with Gasteiger partial charge in [-0.2, -0.15) is 23.5 Å². The van der Waals surface area contributed by atoms with Crippen molar-refractivity contribution >= 4 is 29.8 Å². The summed E-state index contributed by atoms with van der Waals surface area (Å²) in [5.41, 5.74) is 0. The first-order valence-corrected chi connectivity index (χ1v) is 5.57. The van der Waals surface area contributed by atoms with Gasteiger partial charge in [0.2, 0.25) is 0 Å². The van der Waals surface area contributed by atoms with E-state index in [1.54, 1.807) is 23.5 Å². The van der Waals surface area contributed by atoms with Crippen molar-refractivity contribution in [2.75, 3.05) is 24.0 Å². The molecule has 0 aromatic heterocycles. The van der Waals surface area contributed by atoms with E-state index < -0.39 is 0 Å². The third-order valence-corrected chi connectivity index (χ3v) is 2.48. The Bertz CT molecular complexity index is 69.5. The van der Waals surface area contributed by atoms with Crippen molar-refractivity contribution in [3.63, 3.8) is 0 Å². The lowest BCUT2D eigenvalue weighted by molar-refractivity contribution is -0.109. The molecule has 0 unspecified atom stereocenters. The summed E-state index contributed by atoms with van der Waals surface area (Å²) in [5.74, 6) is 2.18. The van der Waals surface area contributed by atoms with Gasteiger partial charge in [-0.3, -0.25) is 0 Å². The van der Waals surface area contributed by atoms with E-state index in [-0.39, 0.29) is 5.92 Å². The molecule has 0 saturated heterocycles. The third-order valence-electron chi connectivity index (χ3n) is 0.954. The maximum atomic E-state index is 10.3. The summed E-state index contributed by atoms with van der Waals surface area (Å²) in [7, 11) is 0. The number of rotatable bonds is 5. The second-order valence-electron chi connectivity index (χ2n) is 1.81. The maximum absolute atomic E-state index is 10.3. The zero-order valence-electron chi connectivity index (χ0n) is 5.79. The fourth-order valence-electron chi connectivity index (χ4n) is 0.555. The van der Waals surface area contributed by atoms with Crippen LogP contribution in [0.2, 0.25) is 0 Å². The minimum atomic E-state index is 0.259. The molecule has 0 aliphatic carbocycles. The number of aldehydes is 1. The summed E-state index contributed by atoms with van der Waals surface area (Å²) < 4.78 is 0. The highest BCUT2D eigenvalue weighted by atomic mass is 32.2. The predicted octanol–water partition coefficient (Wildman–Crippen LogP) is 1.53. The van der Waals surface area contributed by atoms with E-state index in [1.165, 1.54) is 0 Å². The fourth-order valence-corrected chi connectivity index (χ4v) is 1.95. The van der Waals surface area contributed by atoms with Gasteiger partial charge in [-0.05, 0) is 12.5 Å². The van der Waals surface area contributed by atoms with Crippen LogP contribution in [-0.4, -0.2) is 30.3 Å². The zero-order valence-corrected chi connectivity index (χ0v) is 7.43. The second-order valence-corrected chi connectivity index (χ2v) is 3.63. The minimum absolute atomic E-state index is 0.259. The van der Waals surface area contributed by atoms with Gasteiger partial charge >= 0.3 is 0 Å². The highest BCUT2D eigenvalue weighted by Crippen LogP contribution is 2.07. The molecule has 0 atom stereocenters. The second kappa shape index (κ2) is 6.49. The molecule has 0 aromatic rings. The molecule has 0 rings (SSSR count). The van der Waals surface area contributed by atoms with E-state index in [1.807, 2.05) is 12.5 Å². The molecule has 0 aromatic carbocycles. The average Bonchev–Trinajstić information content (AvgIpc) is 1.88. The van der Waals surface area contributed by atoms with Crippen molar-refractivity contribution in [2.24, 2.45) is 5.92 Å². The lowest BCUT2D eigenvalue weighted by Crippen LogP contribution is -2.07. The average molecular weight is 164 g/mol. The van der Waals surface area contributed by atoms with Crippen molar-refractivity contribution in [2.45, 2.75) is 0 Å². The van der Waals surface area contributed by atoms with Gasteiger partial charge in [0, 0.05) is 17.4 Å². The van der Waals surface area contributed by atoms with Crippen molar-refractivity contribution in [1.29, 1.82) is 0 Å². The molecule has 0 radical (unpaired) electrons. The van der Waals surface area contributed by atoms with Gasteiger partial charge < -0.3 is 4.79 Å². The molecule has 0 amide bonds. The molecule has 0 fully saturated rings. The van der Waals surface area contributed by atoms with Gasteiger partial charge in [0.25, 0.3) is 0 Å². The normalized spacial score (nSPS) is 10.1. The van der Waals surface area contributed by atoms with Crippen LogP contribution >= 0.6 is 23.5 Å². The molecule has 54 valence electrons. The molecule has 0 saturated carbocycles. The quantitative estimate of drug-likeness (QED) is 0.574. The van der Waals surface area contributed by atoms with Crippen LogP contribution in [0, 0.1) is 5.92 Å². The largest absolute Gasteiger partial charge is 0.303 e. The summed E-state index contributed by atoms with van der Waals surface area (Å²) >= 11 is 3.46. The smallest absolute Gasteiger partial charge is 0.124 e. The topological polar surface area (TPSA) is 17.1 Å². The summed E-state index contributed by atoms with van der Waals surface area (Å²) in [4.78, 5) is 10.3. The van der Waals surface area contributed by atoms with Crippen LogP contribution in [-0.2, 0) is 4.79 Å². The Hall–Kier alpha value is 0.370.